The second-order valence-electron chi connectivity index (χ2n) is 8.63. The summed E-state index contributed by atoms with van der Waals surface area (Å²) in [6, 6.07) is 0.289. The lowest BCUT2D eigenvalue weighted by Gasteiger charge is -2.36. The Hall–Kier alpha value is -2.05. The summed E-state index contributed by atoms with van der Waals surface area (Å²) in [5, 5.41) is 17.3. The van der Waals surface area contributed by atoms with E-state index in [1.807, 2.05) is 6.92 Å². The number of aliphatic carboxylic acids is 1. The van der Waals surface area contributed by atoms with Gasteiger partial charge in [0.2, 0.25) is 0 Å². The highest BCUT2D eigenvalue weighted by Crippen LogP contribution is 2.34. The van der Waals surface area contributed by atoms with E-state index in [1.54, 1.807) is 4.90 Å². The van der Waals surface area contributed by atoms with Gasteiger partial charge in [0.1, 0.15) is 0 Å². The van der Waals surface area contributed by atoms with Crippen molar-refractivity contribution < 1.29 is 14.7 Å². The van der Waals surface area contributed by atoms with Gasteiger partial charge in [0.05, 0.1) is 23.7 Å². The van der Waals surface area contributed by atoms with Crippen molar-refractivity contribution in [2.75, 3.05) is 13.1 Å². The van der Waals surface area contributed by atoms with Crippen LogP contribution in [0.4, 0.5) is 4.79 Å². The monoisotopic (exact) mass is 374 g/mol. The Balaban J connectivity index is 1.45. The summed E-state index contributed by atoms with van der Waals surface area (Å²) in [4.78, 5) is 25.9. The molecule has 4 rings (SSSR count). The van der Waals surface area contributed by atoms with Crippen molar-refractivity contribution in [3.05, 3.63) is 17.5 Å². The Labute approximate surface area is 160 Å². The predicted molar refractivity (Wildman–Crippen MR) is 100 cm³/mol. The fourth-order valence-electron chi connectivity index (χ4n) is 5.00. The minimum absolute atomic E-state index is 0.0654. The molecule has 7 heteroatoms. The molecule has 2 N–H and O–H groups in total. The minimum atomic E-state index is -0.811. The molecule has 27 heavy (non-hydrogen) atoms. The summed E-state index contributed by atoms with van der Waals surface area (Å²) < 4.78 is 2.13. The number of carboxylic acid groups (broad SMARTS) is 1. The number of aryl methyl sites for hydroxylation is 1. The Kier molecular flexibility index (Phi) is 5.10. The van der Waals surface area contributed by atoms with Crippen LogP contribution >= 0.6 is 0 Å². The quantitative estimate of drug-likeness (QED) is 0.851. The van der Waals surface area contributed by atoms with Crippen molar-refractivity contribution in [2.24, 2.45) is 11.8 Å². The molecule has 2 amide bonds. The van der Waals surface area contributed by atoms with Crippen molar-refractivity contribution in [2.45, 2.75) is 70.4 Å². The minimum Gasteiger partial charge on any atom is -0.481 e. The first kappa shape index (κ1) is 18.3. The average Bonchev–Trinajstić information content (AvgIpc) is 3.30. The highest BCUT2D eigenvalue weighted by atomic mass is 16.4. The van der Waals surface area contributed by atoms with Gasteiger partial charge in [-0.2, -0.15) is 5.10 Å². The van der Waals surface area contributed by atoms with Crippen LogP contribution in [0.1, 0.15) is 75.2 Å². The lowest BCUT2D eigenvalue weighted by atomic mass is 9.90. The van der Waals surface area contributed by atoms with Crippen LogP contribution in [0.15, 0.2) is 6.20 Å². The van der Waals surface area contributed by atoms with Gasteiger partial charge in [0.25, 0.3) is 0 Å². The number of hydrogen-bond acceptors (Lipinski definition) is 3. The first-order valence-electron chi connectivity index (χ1n) is 10.4. The molecule has 1 aliphatic heterocycles. The predicted octanol–water partition coefficient (Wildman–Crippen LogP) is 3.13. The number of carbonyl (C=O) groups is 2. The van der Waals surface area contributed by atoms with Gasteiger partial charge in [-0.3, -0.25) is 9.48 Å². The molecule has 7 nitrogen and oxygen atoms in total. The molecule has 1 saturated carbocycles. The molecule has 2 aliphatic carbocycles. The third kappa shape index (κ3) is 3.82. The van der Waals surface area contributed by atoms with Crippen LogP contribution in [0.2, 0.25) is 0 Å². The maximum atomic E-state index is 12.8. The summed E-state index contributed by atoms with van der Waals surface area (Å²) in [5.41, 5.74) is 2.27. The van der Waals surface area contributed by atoms with Crippen LogP contribution < -0.4 is 5.32 Å². The molecule has 3 atom stereocenters. The average molecular weight is 374 g/mol. The SMILES string of the molecule is CC1CC(C(=O)O)CN(C(=O)NC2CCCc3cn(C4CCCC4)nc32)C1. The highest BCUT2D eigenvalue weighted by Gasteiger charge is 2.34. The summed E-state index contributed by atoms with van der Waals surface area (Å²) in [6.45, 7) is 2.92. The topological polar surface area (TPSA) is 87.5 Å². The van der Waals surface area contributed by atoms with Gasteiger partial charge in [-0.25, -0.2) is 4.79 Å². The Morgan fingerprint density at radius 2 is 1.96 bits per heavy atom. The zero-order valence-corrected chi connectivity index (χ0v) is 16.1. The van der Waals surface area contributed by atoms with E-state index in [0.29, 0.717) is 25.6 Å². The first-order valence-corrected chi connectivity index (χ1v) is 10.4. The molecule has 0 radical (unpaired) electrons. The van der Waals surface area contributed by atoms with E-state index in [-0.39, 0.29) is 18.0 Å². The summed E-state index contributed by atoms with van der Waals surface area (Å²) in [5.74, 6) is -1.08. The standard InChI is InChI=1S/C20H30N4O3/c1-13-9-15(19(25)26)11-23(10-13)20(27)21-17-8-4-5-14-12-24(22-18(14)17)16-6-2-3-7-16/h12-13,15-17H,2-11H2,1H3,(H,21,27)(H,25,26). The molecule has 3 aliphatic rings. The van der Waals surface area contributed by atoms with Crippen molar-refractivity contribution in [3.8, 4) is 0 Å². The number of nitrogens with zero attached hydrogens (tertiary/aromatic N) is 3. The lowest BCUT2D eigenvalue weighted by Crippen LogP contribution is -2.50. The lowest BCUT2D eigenvalue weighted by molar-refractivity contribution is -0.143. The normalized spacial score (nSPS) is 28.8. The van der Waals surface area contributed by atoms with Crippen molar-refractivity contribution in [3.63, 3.8) is 0 Å². The molecule has 1 aromatic rings. The van der Waals surface area contributed by atoms with E-state index >= 15 is 0 Å². The summed E-state index contributed by atoms with van der Waals surface area (Å²) >= 11 is 0. The number of likely N-dealkylation sites (tertiary alicyclic amines) is 1. The number of hydrogen-bond donors (Lipinski definition) is 2. The maximum absolute atomic E-state index is 12.8. The number of aromatic nitrogens is 2. The van der Waals surface area contributed by atoms with Crippen LogP contribution in [0, 0.1) is 11.8 Å². The smallest absolute Gasteiger partial charge is 0.317 e. The number of piperidine rings is 1. The van der Waals surface area contributed by atoms with Gasteiger partial charge in [-0.1, -0.05) is 19.8 Å². The van der Waals surface area contributed by atoms with Crippen molar-refractivity contribution in [1.29, 1.82) is 0 Å². The Morgan fingerprint density at radius 1 is 1.19 bits per heavy atom. The molecule has 1 saturated heterocycles. The van der Waals surface area contributed by atoms with Gasteiger partial charge >= 0.3 is 12.0 Å². The number of carboxylic acids is 1. The van der Waals surface area contributed by atoms with Gasteiger partial charge in [-0.05, 0) is 50.0 Å². The molecular weight excluding hydrogens is 344 g/mol. The number of amides is 2. The number of urea groups is 1. The van der Waals surface area contributed by atoms with Crippen molar-refractivity contribution in [1.82, 2.24) is 20.0 Å². The number of nitrogens with one attached hydrogen (secondary N) is 1. The second kappa shape index (κ2) is 7.52. The van der Waals surface area contributed by atoms with Crippen LogP contribution in [0.3, 0.4) is 0 Å². The Bertz CT molecular complexity index is 710. The van der Waals surface area contributed by atoms with Gasteiger partial charge < -0.3 is 15.3 Å². The molecule has 2 heterocycles. The second-order valence-corrected chi connectivity index (χ2v) is 8.63. The van der Waals surface area contributed by atoms with Gasteiger partial charge in [0, 0.05) is 19.3 Å². The molecule has 0 spiro atoms. The largest absolute Gasteiger partial charge is 0.481 e. The van der Waals surface area contributed by atoms with E-state index in [1.165, 1.54) is 31.2 Å². The van der Waals surface area contributed by atoms with Crippen LogP contribution in [0.5, 0.6) is 0 Å². The van der Waals surface area contributed by atoms with E-state index in [4.69, 9.17) is 5.10 Å². The number of fused-ring (bicyclic) bond motifs is 1. The summed E-state index contributed by atoms with van der Waals surface area (Å²) in [6.07, 6.45) is 10.7. The fraction of sp³-hybridized carbons (Fsp3) is 0.750. The van der Waals surface area contributed by atoms with Crippen LogP contribution in [-0.2, 0) is 11.2 Å². The van der Waals surface area contributed by atoms with Gasteiger partial charge in [-0.15, -0.1) is 0 Å². The zero-order valence-electron chi connectivity index (χ0n) is 16.1. The van der Waals surface area contributed by atoms with Crippen LogP contribution in [0.25, 0.3) is 0 Å². The van der Waals surface area contributed by atoms with E-state index in [9.17, 15) is 14.7 Å². The molecule has 0 bridgehead atoms. The van der Waals surface area contributed by atoms with Crippen molar-refractivity contribution >= 4 is 12.0 Å². The third-order valence-corrected chi connectivity index (χ3v) is 6.40. The van der Waals surface area contributed by atoms with E-state index in [2.05, 4.69) is 16.2 Å². The highest BCUT2D eigenvalue weighted by molar-refractivity contribution is 5.77. The van der Waals surface area contributed by atoms with E-state index in [0.717, 1.165) is 25.0 Å². The molecule has 148 valence electrons. The maximum Gasteiger partial charge on any atom is 0.317 e. The number of carbonyl (C=O) groups excluding carboxylic acids is 1. The van der Waals surface area contributed by atoms with Crippen LogP contribution in [-0.4, -0.2) is 44.9 Å². The molecule has 1 aromatic heterocycles. The van der Waals surface area contributed by atoms with E-state index < -0.39 is 11.9 Å². The third-order valence-electron chi connectivity index (χ3n) is 6.40. The number of rotatable bonds is 3. The van der Waals surface area contributed by atoms with Gasteiger partial charge in [0.15, 0.2) is 0 Å². The molecule has 3 unspecified atom stereocenters. The molecule has 2 fully saturated rings. The summed E-state index contributed by atoms with van der Waals surface area (Å²) in [7, 11) is 0. The first-order chi connectivity index (χ1) is 13.0. The fourth-order valence-corrected chi connectivity index (χ4v) is 5.00. The molecule has 0 aromatic carbocycles. The zero-order chi connectivity index (χ0) is 19.0. The Morgan fingerprint density at radius 3 is 2.70 bits per heavy atom. The molecular formula is C20H30N4O3.